The third-order valence-corrected chi connectivity index (χ3v) is 2.91. The third-order valence-electron chi connectivity index (χ3n) is 2.91. The van der Waals surface area contributed by atoms with E-state index in [0.717, 1.165) is 18.1 Å². The topological polar surface area (TPSA) is 51.2 Å². The van der Waals surface area contributed by atoms with Crippen LogP contribution in [-0.4, -0.2) is 0 Å². The van der Waals surface area contributed by atoms with Crippen LogP contribution in [0.2, 0.25) is 0 Å². The summed E-state index contributed by atoms with van der Waals surface area (Å²) in [4.78, 5) is 0. The monoisotopic (exact) mass is 194 g/mol. The van der Waals surface area contributed by atoms with Crippen LogP contribution in [-0.2, 0) is 0 Å². The maximum absolute atomic E-state index is 5.53. The number of rotatable bonds is 5. The van der Waals surface area contributed by atoms with Gasteiger partial charge in [0.05, 0.1) is 6.26 Å². The molecule has 0 saturated heterocycles. The van der Waals surface area contributed by atoms with Crippen molar-refractivity contribution >= 4 is 0 Å². The lowest BCUT2D eigenvalue weighted by molar-refractivity contribution is 0.471. The first kappa shape index (κ1) is 9.74. The molecule has 1 unspecified atom stereocenters. The second-order valence-corrected chi connectivity index (χ2v) is 4.23. The number of nitrogens with one attached hydrogen (secondary N) is 1. The van der Waals surface area contributed by atoms with E-state index in [9.17, 15) is 0 Å². The van der Waals surface area contributed by atoms with Gasteiger partial charge >= 0.3 is 0 Å². The summed E-state index contributed by atoms with van der Waals surface area (Å²) in [7, 11) is 0. The van der Waals surface area contributed by atoms with Crippen LogP contribution in [0, 0.1) is 12.8 Å². The van der Waals surface area contributed by atoms with Gasteiger partial charge < -0.3 is 4.42 Å². The summed E-state index contributed by atoms with van der Waals surface area (Å²) < 4.78 is 5.27. The fourth-order valence-corrected chi connectivity index (χ4v) is 1.80. The van der Waals surface area contributed by atoms with Crippen molar-refractivity contribution in [3.05, 3.63) is 23.7 Å². The maximum atomic E-state index is 5.53. The van der Waals surface area contributed by atoms with E-state index >= 15 is 0 Å². The molecule has 78 valence electrons. The molecular weight excluding hydrogens is 176 g/mol. The van der Waals surface area contributed by atoms with Crippen molar-refractivity contribution in [1.29, 1.82) is 0 Å². The highest BCUT2D eigenvalue weighted by molar-refractivity contribution is 5.16. The molecule has 3 N–H and O–H groups in total. The van der Waals surface area contributed by atoms with E-state index in [1.165, 1.54) is 24.8 Å². The Hall–Kier alpha value is -0.800. The van der Waals surface area contributed by atoms with Gasteiger partial charge in [0, 0.05) is 11.6 Å². The van der Waals surface area contributed by atoms with Crippen LogP contribution in [0.25, 0.3) is 0 Å². The van der Waals surface area contributed by atoms with Gasteiger partial charge in [0.15, 0.2) is 0 Å². The Labute approximate surface area is 84.6 Å². The highest BCUT2D eigenvalue weighted by Crippen LogP contribution is 2.35. The van der Waals surface area contributed by atoms with Gasteiger partial charge in [0.1, 0.15) is 5.76 Å². The van der Waals surface area contributed by atoms with Crippen LogP contribution in [0.5, 0.6) is 0 Å². The zero-order valence-corrected chi connectivity index (χ0v) is 8.62. The molecule has 14 heavy (non-hydrogen) atoms. The molecule has 1 aliphatic carbocycles. The molecule has 0 bridgehead atoms. The van der Waals surface area contributed by atoms with E-state index < -0.39 is 0 Å². The molecule has 1 atom stereocenters. The lowest BCUT2D eigenvalue weighted by Crippen LogP contribution is -2.27. The highest BCUT2D eigenvalue weighted by atomic mass is 16.3. The first-order valence-corrected chi connectivity index (χ1v) is 5.30. The minimum Gasteiger partial charge on any atom is -0.469 e. The summed E-state index contributed by atoms with van der Waals surface area (Å²) >= 11 is 0. The molecule has 1 saturated carbocycles. The zero-order chi connectivity index (χ0) is 9.97. The summed E-state index contributed by atoms with van der Waals surface area (Å²) in [6.45, 7) is 1.96. The van der Waals surface area contributed by atoms with Gasteiger partial charge in [-0.05, 0) is 31.7 Å². The molecule has 1 aromatic heterocycles. The Balaban J connectivity index is 1.90. The van der Waals surface area contributed by atoms with Crippen molar-refractivity contribution in [2.24, 2.45) is 11.8 Å². The second kappa shape index (κ2) is 4.15. The predicted molar refractivity (Wildman–Crippen MR) is 55.5 cm³/mol. The molecular formula is C11H18N2O. The summed E-state index contributed by atoms with van der Waals surface area (Å²) in [6, 6.07) is 2.31. The molecule has 0 radical (unpaired) electrons. The number of nitrogens with two attached hydrogens (primary N) is 1. The first-order chi connectivity index (χ1) is 6.79. The van der Waals surface area contributed by atoms with Gasteiger partial charge in [-0.2, -0.15) is 0 Å². The third kappa shape index (κ3) is 2.36. The first-order valence-electron chi connectivity index (χ1n) is 5.30. The van der Waals surface area contributed by atoms with Gasteiger partial charge in [-0.3, -0.25) is 11.3 Å². The fraction of sp³-hybridized carbons (Fsp3) is 0.636. The molecule has 0 spiro atoms. The normalized spacial score (nSPS) is 18.4. The van der Waals surface area contributed by atoms with Crippen LogP contribution in [0.3, 0.4) is 0 Å². The largest absolute Gasteiger partial charge is 0.469 e. The van der Waals surface area contributed by atoms with E-state index in [-0.39, 0.29) is 6.04 Å². The molecule has 1 aliphatic rings. The average molecular weight is 194 g/mol. The van der Waals surface area contributed by atoms with E-state index in [4.69, 9.17) is 10.3 Å². The van der Waals surface area contributed by atoms with Crippen LogP contribution < -0.4 is 11.3 Å². The fourth-order valence-electron chi connectivity index (χ4n) is 1.80. The predicted octanol–water partition coefficient (Wildman–Crippen LogP) is 2.28. The second-order valence-electron chi connectivity index (χ2n) is 4.23. The average Bonchev–Trinajstić information content (AvgIpc) is 2.90. The summed E-state index contributed by atoms with van der Waals surface area (Å²) in [5.41, 5.74) is 4.03. The lowest BCUT2D eigenvalue weighted by atomic mass is 10.0. The van der Waals surface area contributed by atoms with Crippen molar-refractivity contribution in [2.75, 3.05) is 0 Å². The van der Waals surface area contributed by atoms with Crippen LogP contribution in [0.15, 0.2) is 16.7 Å². The lowest BCUT2D eigenvalue weighted by Gasteiger charge is -2.13. The molecule has 1 heterocycles. The van der Waals surface area contributed by atoms with Gasteiger partial charge in [0.2, 0.25) is 0 Å². The van der Waals surface area contributed by atoms with E-state index in [1.807, 2.05) is 6.92 Å². The Morgan fingerprint density at radius 1 is 1.64 bits per heavy atom. The highest BCUT2D eigenvalue weighted by Gasteiger charge is 2.23. The molecule has 1 fully saturated rings. The molecule has 1 aromatic rings. The summed E-state index contributed by atoms with van der Waals surface area (Å²) in [5, 5.41) is 0. The van der Waals surface area contributed by atoms with Gasteiger partial charge in [-0.15, -0.1) is 0 Å². The summed E-state index contributed by atoms with van der Waals surface area (Å²) in [6.07, 6.45) is 7.00. The number of hydrazine groups is 1. The van der Waals surface area contributed by atoms with E-state index in [2.05, 4.69) is 11.5 Å². The van der Waals surface area contributed by atoms with Crippen molar-refractivity contribution in [1.82, 2.24) is 5.43 Å². The van der Waals surface area contributed by atoms with Crippen LogP contribution in [0.4, 0.5) is 0 Å². The molecule has 3 heteroatoms. The van der Waals surface area contributed by atoms with E-state index in [0.29, 0.717) is 0 Å². The smallest absolute Gasteiger partial charge is 0.101 e. The van der Waals surface area contributed by atoms with Gasteiger partial charge in [0.25, 0.3) is 0 Å². The minimum absolute atomic E-state index is 0.257. The van der Waals surface area contributed by atoms with Gasteiger partial charge in [-0.1, -0.05) is 12.8 Å². The Morgan fingerprint density at radius 3 is 2.93 bits per heavy atom. The number of hydrogen-bond acceptors (Lipinski definition) is 3. The zero-order valence-electron chi connectivity index (χ0n) is 8.62. The minimum atomic E-state index is 0.257. The SMILES string of the molecule is Cc1cc(C(CCC2CC2)NN)co1. The Bertz CT molecular complexity index is 291. The van der Waals surface area contributed by atoms with Crippen LogP contribution in [0.1, 0.15) is 43.0 Å². The molecule has 0 aliphatic heterocycles. The Morgan fingerprint density at radius 2 is 2.43 bits per heavy atom. The number of aryl methyl sites for hydroxylation is 1. The Kier molecular flexibility index (Phi) is 2.89. The quantitative estimate of drug-likeness (QED) is 0.558. The summed E-state index contributed by atoms with van der Waals surface area (Å²) in [5.74, 6) is 7.44. The van der Waals surface area contributed by atoms with Gasteiger partial charge in [-0.25, -0.2) is 0 Å². The molecule has 3 nitrogen and oxygen atoms in total. The van der Waals surface area contributed by atoms with Crippen molar-refractivity contribution in [2.45, 2.75) is 38.6 Å². The molecule has 0 amide bonds. The molecule has 2 rings (SSSR count). The van der Waals surface area contributed by atoms with Crippen molar-refractivity contribution < 1.29 is 4.42 Å². The van der Waals surface area contributed by atoms with Crippen molar-refractivity contribution in [3.63, 3.8) is 0 Å². The van der Waals surface area contributed by atoms with E-state index in [1.54, 1.807) is 6.26 Å². The van der Waals surface area contributed by atoms with Crippen LogP contribution >= 0.6 is 0 Å². The van der Waals surface area contributed by atoms with Crippen molar-refractivity contribution in [3.8, 4) is 0 Å². The standard InChI is InChI=1S/C11H18N2O/c1-8-6-10(7-14-8)11(13-12)5-4-9-2-3-9/h6-7,9,11,13H,2-5,12H2,1H3. The number of hydrogen-bond donors (Lipinski definition) is 2. The maximum Gasteiger partial charge on any atom is 0.101 e. The molecule has 0 aromatic carbocycles. The number of furan rings is 1.